The van der Waals surface area contributed by atoms with Crippen molar-refractivity contribution in [3.63, 3.8) is 0 Å². The minimum Gasteiger partial charge on any atom is -0.392 e. The molecule has 1 amide bonds. The Morgan fingerprint density at radius 2 is 1.92 bits per heavy atom. The van der Waals surface area contributed by atoms with E-state index in [-0.39, 0.29) is 12.0 Å². The number of aromatic nitrogens is 1. The predicted molar refractivity (Wildman–Crippen MR) is 99.9 cm³/mol. The van der Waals surface area contributed by atoms with Crippen molar-refractivity contribution >= 4 is 16.8 Å². The summed E-state index contributed by atoms with van der Waals surface area (Å²) in [7, 11) is 0. The first-order chi connectivity index (χ1) is 12.0. The normalized spacial score (nSPS) is 17.0. The average molecular weight is 341 g/mol. The van der Waals surface area contributed by atoms with Crippen LogP contribution in [0.2, 0.25) is 0 Å². The number of carbonyl (C=O) groups excluding carboxylic acids is 1. The van der Waals surface area contributed by atoms with Crippen LogP contribution in [0.1, 0.15) is 35.0 Å². The van der Waals surface area contributed by atoms with E-state index in [0.29, 0.717) is 19.6 Å². The van der Waals surface area contributed by atoms with Gasteiger partial charge in [0.1, 0.15) is 0 Å². The zero-order valence-corrected chi connectivity index (χ0v) is 15.3. The van der Waals surface area contributed by atoms with E-state index in [1.54, 1.807) is 0 Å². The van der Waals surface area contributed by atoms with Crippen molar-refractivity contribution in [1.29, 1.82) is 0 Å². The number of β-amino-alcohol motifs (C(OH)–C–C–N with tert-alkyl or cyclic N) is 1. The van der Waals surface area contributed by atoms with Crippen LogP contribution in [-0.2, 0) is 0 Å². The molecule has 0 bridgehead atoms. The summed E-state index contributed by atoms with van der Waals surface area (Å²) in [6.45, 7) is 9.66. The van der Waals surface area contributed by atoms with Crippen LogP contribution < -0.4 is 0 Å². The molecule has 1 fully saturated rings. The first-order valence-corrected chi connectivity index (χ1v) is 9.05. The number of aryl methyl sites for hydroxylation is 2. The SMILES string of the molecule is CCC(O)CN1CCN(C(=O)c2cc(C)nc3ccc(C)cc23)CC1. The number of fused-ring (bicyclic) bond motifs is 1. The number of carbonyl (C=O) groups is 1. The lowest BCUT2D eigenvalue weighted by atomic mass is 10.0. The molecule has 1 aliphatic rings. The van der Waals surface area contributed by atoms with E-state index in [1.807, 2.05) is 49.9 Å². The molecular weight excluding hydrogens is 314 g/mol. The van der Waals surface area contributed by atoms with E-state index in [2.05, 4.69) is 9.88 Å². The Bertz CT molecular complexity index is 767. The standard InChI is InChI=1S/C20H27N3O2/c1-4-16(24)13-22-7-9-23(10-8-22)20(25)18-12-15(3)21-19-6-5-14(2)11-17(18)19/h5-6,11-12,16,24H,4,7-10,13H2,1-3H3. The quantitative estimate of drug-likeness (QED) is 0.928. The summed E-state index contributed by atoms with van der Waals surface area (Å²) in [6.07, 6.45) is 0.484. The highest BCUT2D eigenvalue weighted by Gasteiger charge is 2.24. The summed E-state index contributed by atoms with van der Waals surface area (Å²) in [5.41, 5.74) is 3.61. The molecule has 1 aromatic heterocycles. The maximum atomic E-state index is 13.1. The number of benzene rings is 1. The van der Waals surface area contributed by atoms with Crippen LogP contribution in [0.4, 0.5) is 0 Å². The topological polar surface area (TPSA) is 56.7 Å². The van der Waals surface area contributed by atoms with E-state index < -0.39 is 0 Å². The Hall–Kier alpha value is -1.98. The van der Waals surface area contributed by atoms with Crippen molar-refractivity contribution in [3.8, 4) is 0 Å². The number of rotatable bonds is 4. The molecule has 0 aliphatic carbocycles. The lowest BCUT2D eigenvalue weighted by Gasteiger charge is -2.35. The van der Waals surface area contributed by atoms with Crippen LogP contribution in [0.3, 0.4) is 0 Å². The molecule has 5 nitrogen and oxygen atoms in total. The van der Waals surface area contributed by atoms with Gasteiger partial charge in [-0.1, -0.05) is 18.6 Å². The smallest absolute Gasteiger partial charge is 0.254 e. The average Bonchev–Trinajstić information content (AvgIpc) is 2.61. The molecule has 0 radical (unpaired) electrons. The third-order valence-electron chi connectivity index (χ3n) is 4.92. The molecule has 2 heterocycles. The highest BCUT2D eigenvalue weighted by molar-refractivity contribution is 6.06. The Morgan fingerprint density at radius 1 is 1.20 bits per heavy atom. The molecule has 2 aromatic rings. The van der Waals surface area contributed by atoms with Gasteiger partial charge < -0.3 is 10.0 Å². The molecule has 1 unspecified atom stereocenters. The Labute approximate surface area is 149 Å². The second-order valence-electron chi connectivity index (χ2n) is 6.99. The Balaban J connectivity index is 1.78. The number of aliphatic hydroxyl groups is 1. The van der Waals surface area contributed by atoms with Gasteiger partial charge in [0.25, 0.3) is 5.91 Å². The van der Waals surface area contributed by atoms with Gasteiger partial charge >= 0.3 is 0 Å². The van der Waals surface area contributed by atoms with E-state index in [9.17, 15) is 9.90 Å². The Morgan fingerprint density at radius 3 is 2.60 bits per heavy atom. The molecule has 0 saturated carbocycles. The molecule has 1 aromatic carbocycles. The number of aliphatic hydroxyl groups excluding tert-OH is 1. The van der Waals surface area contributed by atoms with Gasteiger partial charge in [0.2, 0.25) is 0 Å². The summed E-state index contributed by atoms with van der Waals surface area (Å²) < 4.78 is 0. The number of amides is 1. The van der Waals surface area contributed by atoms with Crippen molar-refractivity contribution in [2.24, 2.45) is 0 Å². The lowest BCUT2D eigenvalue weighted by molar-refractivity contribution is 0.0525. The van der Waals surface area contributed by atoms with Gasteiger partial charge in [-0.25, -0.2) is 0 Å². The maximum absolute atomic E-state index is 13.1. The van der Waals surface area contributed by atoms with Gasteiger partial charge in [0.05, 0.1) is 17.2 Å². The van der Waals surface area contributed by atoms with Crippen molar-refractivity contribution in [1.82, 2.24) is 14.8 Å². The molecule has 1 aliphatic heterocycles. The maximum Gasteiger partial charge on any atom is 0.254 e. The van der Waals surface area contributed by atoms with Crippen molar-refractivity contribution in [2.45, 2.75) is 33.3 Å². The van der Waals surface area contributed by atoms with Gasteiger partial charge in [-0.2, -0.15) is 0 Å². The second-order valence-corrected chi connectivity index (χ2v) is 6.99. The molecule has 3 rings (SSSR count). The zero-order chi connectivity index (χ0) is 18.0. The number of hydrogen-bond acceptors (Lipinski definition) is 4. The minimum atomic E-state index is -0.281. The van der Waals surface area contributed by atoms with Gasteiger partial charge in [0.15, 0.2) is 0 Å². The fraction of sp³-hybridized carbons (Fsp3) is 0.500. The molecule has 0 spiro atoms. The van der Waals surface area contributed by atoms with Crippen LogP contribution in [0.5, 0.6) is 0 Å². The van der Waals surface area contributed by atoms with Crippen LogP contribution in [0, 0.1) is 13.8 Å². The first-order valence-electron chi connectivity index (χ1n) is 9.05. The predicted octanol–water partition coefficient (Wildman–Crippen LogP) is 2.38. The van der Waals surface area contributed by atoms with Gasteiger partial charge in [-0.05, 0) is 38.5 Å². The monoisotopic (exact) mass is 341 g/mol. The van der Waals surface area contributed by atoms with Crippen LogP contribution in [0.25, 0.3) is 10.9 Å². The number of hydrogen-bond donors (Lipinski definition) is 1. The third kappa shape index (κ3) is 3.99. The van der Waals surface area contributed by atoms with Crippen molar-refractivity contribution in [3.05, 3.63) is 41.1 Å². The van der Waals surface area contributed by atoms with Crippen molar-refractivity contribution < 1.29 is 9.90 Å². The summed E-state index contributed by atoms with van der Waals surface area (Å²) in [4.78, 5) is 21.8. The molecule has 134 valence electrons. The van der Waals surface area contributed by atoms with Crippen molar-refractivity contribution in [2.75, 3.05) is 32.7 Å². The van der Waals surface area contributed by atoms with E-state index in [0.717, 1.165) is 47.2 Å². The molecule has 1 N–H and O–H groups in total. The molecule has 5 heteroatoms. The summed E-state index contributed by atoms with van der Waals surface area (Å²) in [5, 5.41) is 10.7. The van der Waals surface area contributed by atoms with E-state index in [1.165, 1.54) is 0 Å². The number of pyridine rings is 1. The number of piperazine rings is 1. The van der Waals surface area contributed by atoms with E-state index >= 15 is 0 Å². The van der Waals surface area contributed by atoms with Crippen LogP contribution >= 0.6 is 0 Å². The summed E-state index contributed by atoms with van der Waals surface area (Å²) in [6, 6.07) is 7.96. The Kier molecular flexibility index (Phi) is 5.35. The fourth-order valence-electron chi connectivity index (χ4n) is 3.38. The number of nitrogens with zero attached hydrogens (tertiary/aromatic N) is 3. The minimum absolute atomic E-state index is 0.0804. The zero-order valence-electron chi connectivity index (χ0n) is 15.3. The van der Waals surface area contributed by atoms with Crippen LogP contribution in [0.15, 0.2) is 24.3 Å². The fourth-order valence-corrected chi connectivity index (χ4v) is 3.38. The first kappa shape index (κ1) is 17.8. The molecule has 25 heavy (non-hydrogen) atoms. The lowest BCUT2D eigenvalue weighted by Crippen LogP contribution is -2.50. The molecular formula is C20H27N3O2. The molecule has 1 atom stereocenters. The highest BCUT2D eigenvalue weighted by atomic mass is 16.3. The van der Waals surface area contributed by atoms with Gasteiger partial charge in [-0.15, -0.1) is 0 Å². The summed E-state index contributed by atoms with van der Waals surface area (Å²) >= 11 is 0. The third-order valence-corrected chi connectivity index (χ3v) is 4.92. The van der Waals surface area contributed by atoms with Gasteiger partial charge in [-0.3, -0.25) is 14.7 Å². The van der Waals surface area contributed by atoms with Crippen LogP contribution in [-0.4, -0.2) is 64.6 Å². The van der Waals surface area contributed by atoms with E-state index in [4.69, 9.17) is 0 Å². The van der Waals surface area contributed by atoms with Gasteiger partial charge in [0, 0.05) is 43.8 Å². The highest BCUT2D eigenvalue weighted by Crippen LogP contribution is 2.22. The summed E-state index contributed by atoms with van der Waals surface area (Å²) in [5.74, 6) is 0.0804. The molecule has 1 saturated heterocycles. The largest absolute Gasteiger partial charge is 0.392 e. The second kappa shape index (κ2) is 7.50.